The number of carbonyl (C=O) groups is 2. The SMILES string of the molecule is CC/C=C\C/C=C\C/C=C\C/C=C\C/C=C\C/C=C\C/C=C\CCCCCCCCCC(=O)OC(COC(=O)CCCCCCCCCCCCCCCCCCCCCCCCCCCCCCCCCCCCCCCCCC)COP(=O)(O)OCCN. The highest BCUT2D eigenvalue weighted by molar-refractivity contribution is 7.47. The van der Waals surface area contributed by atoms with Gasteiger partial charge in [0.05, 0.1) is 13.2 Å². The normalized spacial score (nSPS) is 13.3. The monoisotopic (exact) mass is 1280 g/mol. The lowest BCUT2D eigenvalue weighted by Crippen LogP contribution is -2.29. The minimum atomic E-state index is -4.40. The van der Waals surface area contributed by atoms with E-state index in [1.165, 1.54) is 257 Å². The van der Waals surface area contributed by atoms with Crippen molar-refractivity contribution in [3.63, 3.8) is 0 Å². The Hall–Kier alpha value is -2.81. The number of hydrogen-bond acceptors (Lipinski definition) is 8. The molecule has 0 spiro atoms. The predicted molar refractivity (Wildman–Crippen MR) is 390 cm³/mol. The Bertz CT molecular complexity index is 1750. The van der Waals surface area contributed by atoms with Crippen LogP contribution in [-0.2, 0) is 32.7 Å². The van der Waals surface area contributed by atoms with Crippen LogP contribution >= 0.6 is 7.82 Å². The van der Waals surface area contributed by atoms with Crippen molar-refractivity contribution < 1.29 is 37.6 Å². The van der Waals surface area contributed by atoms with Gasteiger partial charge in [-0.3, -0.25) is 18.6 Å². The maximum absolute atomic E-state index is 12.8. The molecule has 0 saturated carbocycles. The van der Waals surface area contributed by atoms with Gasteiger partial charge in [0, 0.05) is 19.4 Å². The van der Waals surface area contributed by atoms with Crippen LogP contribution in [0.25, 0.3) is 0 Å². The number of allylic oxidation sites excluding steroid dienone is 14. The van der Waals surface area contributed by atoms with Gasteiger partial charge in [0.25, 0.3) is 0 Å². The van der Waals surface area contributed by atoms with Crippen LogP contribution in [-0.4, -0.2) is 49.3 Å². The number of hydrogen-bond donors (Lipinski definition) is 2. The van der Waals surface area contributed by atoms with Gasteiger partial charge < -0.3 is 20.1 Å². The molecule has 0 radical (unpaired) electrons. The van der Waals surface area contributed by atoms with Crippen LogP contribution in [0.15, 0.2) is 85.1 Å². The van der Waals surface area contributed by atoms with Crippen molar-refractivity contribution >= 4 is 19.8 Å². The summed E-state index contributed by atoms with van der Waals surface area (Å²) < 4.78 is 33.2. The molecule has 524 valence electrons. The number of phosphoric ester groups is 1. The lowest BCUT2D eigenvalue weighted by atomic mass is 10.0. The summed E-state index contributed by atoms with van der Waals surface area (Å²) in [5.74, 6) is -0.829. The molecule has 0 saturated heterocycles. The van der Waals surface area contributed by atoms with E-state index in [0.717, 1.165) is 89.9 Å². The number of carbonyl (C=O) groups excluding carboxylic acids is 2. The molecule has 0 amide bonds. The summed E-state index contributed by atoms with van der Waals surface area (Å²) in [5.41, 5.74) is 5.41. The molecule has 3 N–H and O–H groups in total. The first kappa shape index (κ1) is 87.2. The van der Waals surface area contributed by atoms with Crippen molar-refractivity contribution in [2.24, 2.45) is 5.73 Å². The molecule has 0 aromatic rings. The van der Waals surface area contributed by atoms with Gasteiger partial charge >= 0.3 is 19.8 Å². The number of esters is 2. The van der Waals surface area contributed by atoms with Gasteiger partial charge in [0.1, 0.15) is 6.61 Å². The van der Waals surface area contributed by atoms with E-state index in [1.54, 1.807) is 0 Å². The zero-order valence-electron chi connectivity index (χ0n) is 59.1. The smallest absolute Gasteiger partial charge is 0.462 e. The molecule has 0 fully saturated rings. The maximum atomic E-state index is 12.8. The Labute approximate surface area is 557 Å². The quantitative estimate of drug-likeness (QED) is 0.0264. The van der Waals surface area contributed by atoms with Crippen molar-refractivity contribution in [1.82, 2.24) is 0 Å². The van der Waals surface area contributed by atoms with E-state index >= 15 is 0 Å². The molecule has 9 nitrogen and oxygen atoms in total. The van der Waals surface area contributed by atoms with Gasteiger partial charge in [-0.15, -0.1) is 0 Å². The molecule has 2 unspecified atom stereocenters. The van der Waals surface area contributed by atoms with Gasteiger partial charge in [-0.05, 0) is 70.6 Å². The molecular weight excluding hydrogens is 1130 g/mol. The van der Waals surface area contributed by atoms with Crippen molar-refractivity contribution in [2.75, 3.05) is 26.4 Å². The van der Waals surface area contributed by atoms with Crippen LogP contribution < -0.4 is 5.73 Å². The molecule has 90 heavy (non-hydrogen) atoms. The van der Waals surface area contributed by atoms with Crippen LogP contribution in [0.4, 0.5) is 0 Å². The Morgan fingerprint density at radius 2 is 0.611 bits per heavy atom. The van der Waals surface area contributed by atoms with Crippen LogP contribution in [0.5, 0.6) is 0 Å². The first-order valence-electron chi connectivity index (χ1n) is 38.6. The Kier molecular flexibility index (Phi) is 72.9. The Morgan fingerprint density at radius 3 is 0.911 bits per heavy atom. The van der Waals surface area contributed by atoms with Gasteiger partial charge in [-0.25, -0.2) is 4.57 Å². The second kappa shape index (κ2) is 75.2. The van der Waals surface area contributed by atoms with E-state index in [-0.39, 0.29) is 38.6 Å². The highest BCUT2D eigenvalue weighted by atomic mass is 31.2. The second-order valence-corrected chi connectivity index (χ2v) is 27.3. The second-order valence-electron chi connectivity index (χ2n) is 25.9. The van der Waals surface area contributed by atoms with Gasteiger partial charge in [0.15, 0.2) is 6.10 Å². The van der Waals surface area contributed by atoms with E-state index in [2.05, 4.69) is 98.9 Å². The topological polar surface area (TPSA) is 134 Å². The number of nitrogens with two attached hydrogens (primary N) is 1. The molecule has 0 aliphatic carbocycles. The fourth-order valence-electron chi connectivity index (χ4n) is 11.4. The van der Waals surface area contributed by atoms with Crippen molar-refractivity contribution in [2.45, 2.75) is 386 Å². The van der Waals surface area contributed by atoms with Gasteiger partial charge in [0.2, 0.25) is 0 Å². The van der Waals surface area contributed by atoms with Crippen molar-refractivity contribution in [1.29, 1.82) is 0 Å². The zero-order chi connectivity index (χ0) is 65.1. The lowest BCUT2D eigenvalue weighted by Gasteiger charge is -2.19. The summed E-state index contributed by atoms with van der Waals surface area (Å²) >= 11 is 0. The first-order valence-corrected chi connectivity index (χ1v) is 40.1. The Morgan fingerprint density at radius 1 is 0.344 bits per heavy atom. The molecule has 0 aromatic heterocycles. The lowest BCUT2D eigenvalue weighted by molar-refractivity contribution is -0.161. The molecule has 10 heteroatoms. The summed E-state index contributed by atoms with van der Waals surface area (Å²) in [4.78, 5) is 35.4. The largest absolute Gasteiger partial charge is 0.472 e. The number of ether oxygens (including phenoxy) is 2. The van der Waals surface area contributed by atoms with Crippen LogP contribution in [0.1, 0.15) is 380 Å². The summed E-state index contributed by atoms with van der Waals surface area (Å²) in [6, 6.07) is 0. The number of rotatable bonds is 73. The molecule has 0 rings (SSSR count). The predicted octanol–water partition coefficient (Wildman–Crippen LogP) is 25.7. The molecular formula is C80H146NO8P. The molecule has 0 aliphatic heterocycles. The number of unbranched alkanes of at least 4 members (excludes halogenated alkanes) is 46. The minimum absolute atomic E-state index is 0.0490. The fraction of sp³-hybridized carbons (Fsp3) is 0.800. The van der Waals surface area contributed by atoms with Gasteiger partial charge in [-0.1, -0.05) is 381 Å². The zero-order valence-corrected chi connectivity index (χ0v) is 60.0. The van der Waals surface area contributed by atoms with Crippen LogP contribution in [0.2, 0.25) is 0 Å². The third-order valence-electron chi connectivity index (χ3n) is 17.0. The van der Waals surface area contributed by atoms with E-state index in [0.29, 0.717) is 6.42 Å². The first-order chi connectivity index (χ1) is 44.3. The average molecular weight is 1280 g/mol. The van der Waals surface area contributed by atoms with Gasteiger partial charge in [-0.2, -0.15) is 0 Å². The standard InChI is InChI=1S/C80H146NO8P/c1-3-5-7-9-11-13-15-17-19-21-23-25-27-29-31-33-34-35-36-37-38-39-40-41-42-43-45-46-48-50-52-54-56-58-60-62-64-66-68-70-72-79(82)86-76-78(77-88-90(84,85)87-75-74-81)89-80(83)73-71-69-67-65-63-61-59-57-55-53-51-49-47-44-32-30-28-26-24-22-20-18-16-14-12-10-8-6-4-2/h6,8,12,14,18,20,24,26,30,32,47,49,53,55,78H,3-5,7,9-11,13,15-17,19,21-23,25,27-29,31,33-46,48,50-52,54,56-77,81H2,1-2H3,(H,84,85)/b8-6-,14-12-,20-18-,26-24-,32-30-,49-47-,55-53-. The average Bonchev–Trinajstić information content (AvgIpc) is 3.75. The third-order valence-corrected chi connectivity index (χ3v) is 18.0. The fourth-order valence-corrected chi connectivity index (χ4v) is 12.2. The minimum Gasteiger partial charge on any atom is -0.462 e. The highest BCUT2D eigenvalue weighted by Gasteiger charge is 2.26. The summed E-state index contributed by atoms with van der Waals surface area (Å²) in [6.45, 7) is 3.67. The molecule has 0 bridgehead atoms. The molecule has 0 aliphatic rings. The summed E-state index contributed by atoms with van der Waals surface area (Å²) in [5, 5.41) is 0. The highest BCUT2D eigenvalue weighted by Crippen LogP contribution is 2.43. The summed E-state index contributed by atoms with van der Waals surface area (Å²) in [6.07, 6.45) is 102. The van der Waals surface area contributed by atoms with Crippen LogP contribution in [0, 0.1) is 0 Å². The van der Waals surface area contributed by atoms with E-state index in [9.17, 15) is 19.0 Å². The third kappa shape index (κ3) is 74.2. The van der Waals surface area contributed by atoms with E-state index in [1.807, 2.05) is 0 Å². The van der Waals surface area contributed by atoms with E-state index < -0.39 is 26.5 Å². The molecule has 0 aromatic carbocycles. The molecule has 2 atom stereocenters. The van der Waals surface area contributed by atoms with Crippen molar-refractivity contribution in [3.05, 3.63) is 85.1 Å². The van der Waals surface area contributed by atoms with E-state index in [4.69, 9.17) is 24.3 Å². The summed E-state index contributed by atoms with van der Waals surface area (Å²) in [7, 11) is -4.40. The maximum Gasteiger partial charge on any atom is 0.472 e. The Balaban J connectivity index is 3.80. The van der Waals surface area contributed by atoms with Crippen molar-refractivity contribution in [3.8, 4) is 0 Å². The van der Waals surface area contributed by atoms with Crippen LogP contribution in [0.3, 0.4) is 0 Å². The number of phosphoric acid groups is 1. The molecule has 0 heterocycles.